The van der Waals surface area contributed by atoms with Gasteiger partial charge in [0, 0.05) is 61.5 Å². The average Bonchev–Trinajstić information content (AvgIpc) is 2.74. The fraction of sp³-hybridized carbons (Fsp3) is 0.391. The second-order valence-electron chi connectivity index (χ2n) is 7.66. The van der Waals surface area contributed by atoms with Crippen LogP contribution in [0.3, 0.4) is 0 Å². The lowest BCUT2D eigenvalue weighted by molar-refractivity contribution is -0.116. The van der Waals surface area contributed by atoms with Crippen LogP contribution in [0.2, 0.25) is 0 Å². The van der Waals surface area contributed by atoms with Gasteiger partial charge in [-0.1, -0.05) is 12.1 Å². The van der Waals surface area contributed by atoms with Crippen molar-refractivity contribution < 1.29 is 9.59 Å². The zero-order chi connectivity index (χ0) is 20.2. The number of carbonyl (C=O) groups is 2. The molecule has 2 amide bonds. The van der Waals surface area contributed by atoms with Crippen LogP contribution in [0.15, 0.2) is 42.5 Å². The third-order valence-electron chi connectivity index (χ3n) is 5.56. The third kappa shape index (κ3) is 4.82. The Morgan fingerprint density at radius 2 is 1.79 bits per heavy atom. The van der Waals surface area contributed by atoms with Gasteiger partial charge in [0.25, 0.3) is 5.91 Å². The SMILES string of the molecule is CC(=O)N1CCCc2cc(NC(=O)c3ccc(CN4CCSCC4)cc3)ccc21. The highest BCUT2D eigenvalue weighted by atomic mass is 32.2. The number of anilines is 2. The summed E-state index contributed by atoms with van der Waals surface area (Å²) in [6.45, 7) is 5.56. The Morgan fingerprint density at radius 1 is 1.03 bits per heavy atom. The van der Waals surface area contributed by atoms with E-state index in [9.17, 15) is 9.59 Å². The Hall–Kier alpha value is -2.31. The van der Waals surface area contributed by atoms with Crippen LogP contribution >= 0.6 is 11.8 Å². The topological polar surface area (TPSA) is 52.7 Å². The first-order valence-electron chi connectivity index (χ1n) is 10.2. The van der Waals surface area contributed by atoms with Crippen LogP contribution in [-0.4, -0.2) is 47.9 Å². The van der Waals surface area contributed by atoms with E-state index in [1.54, 1.807) is 6.92 Å². The Labute approximate surface area is 176 Å². The molecule has 6 heteroatoms. The van der Waals surface area contributed by atoms with Crippen molar-refractivity contribution >= 4 is 35.0 Å². The molecule has 1 saturated heterocycles. The first kappa shape index (κ1) is 20.0. The molecule has 0 spiro atoms. The van der Waals surface area contributed by atoms with Gasteiger partial charge in [-0.2, -0.15) is 11.8 Å². The fourth-order valence-electron chi connectivity index (χ4n) is 3.98. The number of hydrogen-bond donors (Lipinski definition) is 1. The Morgan fingerprint density at radius 3 is 2.52 bits per heavy atom. The molecule has 0 atom stereocenters. The Kier molecular flexibility index (Phi) is 6.21. The molecule has 0 saturated carbocycles. The predicted octanol–water partition coefficient (Wildman–Crippen LogP) is 3.79. The first-order valence-corrected chi connectivity index (χ1v) is 11.4. The normalized spacial score (nSPS) is 16.9. The van der Waals surface area contributed by atoms with Crippen molar-refractivity contribution in [3.63, 3.8) is 0 Å². The number of nitrogens with zero attached hydrogens (tertiary/aromatic N) is 2. The minimum absolute atomic E-state index is 0.0612. The number of benzene rings is 2. The molecule has 2 aliphatic rings. The van der Waals surface area contributed by atoms with E-state index < -0.39 is 0 Å². The van der Waals surface area contributed by atoms with Crippen molar-refractivity contribution in [1.29, 1.82) is 0 Å². The van der Waals surface area contributed by atoms with Crippen molar-refractivity contribution in [2.75, 3.05) is 41.4 Å². The van der Waals surface area contributed by atoms with Crippen molar-refractivity contribution in [3.05, 3.63) is 59.2 Å². The molecular formula is C23H27N3O2S. The smallest absolute Gasteiger partial charge is 0.255 e. The standard InChI is InChI=1S/C23H27N3O2S/c1-17(27)26-10-2-3-20-15-21(8-9-22(20)26)24-23(28)19-6-4-18(5-7-19)16-25-11-13-29-14-12-25/h4-9,15H,2-3,10-14,16H2,1H3,(H,24,28). The van der Waals surface area contributed by atoms with Crippen LogP contribution in [0, 0.1) is 0 Å². The van der Waals surface area contributed by atoms with Gasteiger partial charge in [-0.15, -0.1) is 0 Å². The molecule has 1 fully saturated rings. The van der Waals surface area contributed by atoms with E-state index in [0.717, 1.165) is 56.0 Å². The van der Waals surface area contributed by atoms with Gasteiger partial charge in [-0.3, -0.25) is 14.5 Å². The zero-order valence-electron chi connectivity index (χ0n) is 16.8. The molecule has 0 radical (unpaired) electrons. The van der Waals surface area contributed by atoms with Crippen LogP contribution in [0.4, 0.5) is 11.4 Å². The largest absolute Gasteiger partial charge is 0.322 e. The van der Waals surface area contributed by atoms with E-state index in [1.807, 2.05) is 59.1 Å². The molecule has 4 rings (SSSR count). The van der Waals surface area contributed by atoms with E-state index in [1.165, 1.54) is 17.1 Å². The van der Waals surface area contributed by atoms with Crippen LogP contribution in [0.1, 0.15) is 34.8 Å². The minimum atomic E-state index is -0.106. The molecule has 1 N–H and O–H groups in total. The number of rotatable bonds is 4. The van der Waals surface area contributed by atoms with Gasteiger partial charge in [0.15, 0.2) is 0 Å². The molecule has 29 heavy (non-hydrogen) atoms. The number of hydrogen-bond acceptors (Lipinski definition) is 4. The van der Waals surface area contributed by atoms with E-state index in [0.29, 0.717) is 5.56 Å². The minimum Gasteiger partial charge on any atom is -0.322 e. The van der Waals surface area contributed by atoms with E-state index >= 15 is 0 Å². The summed E-state index contributed by atoms with van der Waals surface area (Å²) >= 11 is 2.01. The predicted molar refractivity (Wildman–Crippen MR) is 120 cm³/mol. The van der Waals surface area contributed by atoms with Crippen LogP contribution < -0.4 is 10.2 Å². The van der Waals surface area contributed by atoms with Crippen molar-refractivity contribution in [2.24, 2.45) is 0 Å². The number of thioether (sulfide) groups is 1. The molecule has 5 nitrogen and oxygen atoms in total. The Bertz CT molecular complexity index is 891. The molecule has 2 aliphatic heterocycles. The highest BCUT2D eigenvalue weighted by molar-refractivity contribution is 7.99. The lowest BCUT2D eigenvalue weighted by atomic mass is 10.0. The second kappa shape index (κ2) is 9.01. The maximum Gasteiger partial charge on any atom is 0.255 e. The van der Waals surface area contributed by atoms with Gasteiger partial charge in [0.2, 0.25) is 5.91 Å². The number of nitrogens with one attached hydrogen (secondary N) is 1. The van der Waals surface area contributed by atoms with Crippen molar-refractivity contribution in [1.82, 2.24) is 4.90 Å². The summed E-state index contributed by atoms with van der Waals surface area (Å²) in [5.41, 5.74) is 4.74. The summed E-state index contributed by atoms with van der Waals surface area (Å²) in [6.07, 6.45) is 1.87. The summed E-state index contributed by atoms with van der Waals surface area (Å²) in [6, 6.07) is 13.7. The van der Waals surface area contributed by atoms with Gasteiger partial charge in [0.05, 0.1) is 0 Å². The van der Waals surface area contributed by atoms with Crippen LogP contribution in [0.25, 0.3) is 0 Å². The quantitative estimate of drug-likeness (QED) is 0.835. The average molecular weight is 410 g/mol. The van der Waals surface area contributed by atoms with Gasteiger partial charge in [-0.25, -0.2) is 0 Å². The first-order chi connectivity index (χ1) is 14.1. The number of aryl methyl sites for hydroxylation is 1. The van der Waals surface area contributed by atoms with Crippen molar-refractivity contribution in [2.45, 2.75) is 26.3 Å². The number of fused-ring (bicyclic) bond motifs is 1. The van der Waals surface area contributed by atoms with E-state index in [2.05, 4.69) is 10.2 Å². The summed E-state index contributed by atoms with van der Waals surface area (Å²) in [4.78, 5) is 28.8. The number of amides is 2. The van der Waals surface area contributed by atoms with Crippen molar-refractivity contribution in [3.8, 4) is 0 Å². The molecule has 0 unspecified atom stereocenters. The van der Waals surface area contributed by atoms with E-state index in [4.69, 9.17) is 0 Å². The molecule has 152 valence electrons. The molecule has 2 aromatic rings. The lowest BCUT2D eigenvalue weighted by Gasteiger charge is -2.29. The summed E-state index contributed by atoms with van der Waals surface area (Å²) in [5.74, 6) is 2.35. The number of carbonyl (C=O) groups excluding carboxylic acids is 2. The van der Waals surface area contributed by atoms with Gasteiger partial charge < -0.3 is 10.2 Å². The Balaban J connectivity index is 1.40. The van der Waals surface area contributed by atoms with Gasteiger partial charge in [0.1, 0.15) is 0 Å². The monoisotopic (exact) mass is 409 g/mol. The summed E-state index contributed by atoms with van der Waals surface area (Å²) < 4.78 is 0. The maximum absolute atomic E-state index is 12.7. The molecule has 2 aromatic carbocycles. The highest BCUT2D eigenvalue weighted by Crippen LogP contribution is 2.30. The molecule has 2 heterocycles. The van der Waals surface area contributed by atoms with Crippen LogP contribution in [-0.2, 0) is 17.8 Å². The second-order valence-corrected chi connectivity index (χ2v) is 8.88. The maximum atomic E-state index is 12.7. The molecule has 0 aliphatic carbocycles. The summed E-state index contributed by atoms with van der Waals surface area (Å²) in [5, 5.41) is 3.00. The van der Waals surface area contributed by atoms with Gasteiger partial charge >= 0.3 is 0 Å². The summed E-state index contributed by atoms with van der Waals surface area (Å²) in [7, 11) is 0. The zero-order valence-corrected chi connectivity index (χ0v) is 17.6. The van der Waals surface area contributed by atoms with Crippen LogP contribution in [0.5, 0.6) is 0 Å². The molecule has 0 bridgehead atoms. The van der Waals surface area contributed by atoms with E-state index in [-0.39, 0.29) is 11.8 Å². The third-order valence-corrected chi connectivity index (χ3v) is 6.50. The molecular weight excluding hydrogens is 382 g/mol. The fourth-order valence-corrected chi connectivity index (χ4v) is 4.96. The highest BCUT2D eigenvalue weighted by Gasteiger charge is 2.20. The van der Waals surface area contributed by atoms with Gasteiger partial charge in [-0.05, 0) is 54.3 Å². The lowest BCUT2D eigenvalue weighted by Crippen LogP contribution is -2.33. The molecule has 0 aromatic heterocycles.